The van der Waals surface area contributed by atoms with E-state index in [1.165, 1.54) is 5.56 Å². The highest BCUT2D eigenvalue weighted by atomic mass is 16.2. The van der Waals surface area contributed by atoms with E-state index in [0.29, 0.717) is 38.2 Å². The van der Waals surface area contributed by atoms with E-state index in [4.69, 9.17) is 0 Å². The highest BCUT2D eigenvalue weighted by Gasteiger charge is 2.29. The van der Waals surface area contributed by atoms with Gasteiger partial charge in [-0.15, -0.1) is 0 Å². The van der Waals surface area contributed by atoms with Crippen molar-refractivity contribution in [3.63, 3.8) is 0 Å². The molecule has 1 aromatic carbocycles. The van der Waals surface area contributed by atoms with Crippen molar-refractivity contribution in [1.82, 2.24) is 19.8 Å². The topological polar surface area (TPSA) is 67.2 Å². The molecule has 2 aromatic heterocycles. The maximum absolute atomic E-state index is 13.1. The van der Waals surface area contributed by atoms with Crippen LogP contribution in [-0.2, 0) is 4.79 Å². The Balaban J connectivity index is 1.30. The lowest BCUT2D eigenvalue weighted by atomic mass is 9.95. The van der Waals surface area contributed by atoms with E-state index in [9.17, 15) is 9.59 Å². The number of nitrogens with one attached hydrogen (secondary N) is 1. The quantitative estimate of drug-likeness (QED) is 0.667. The van der Waals surface area contributed by atoms with Gasteiger partial charge in [0.15, 0.2) is 0 Å². The molecule has 160 valence electrons. The van der Waals surface area contributed by atoms with Crippen LogP contribution in [0.1, 0.15) is 41.7 Å². The summed E-state index contributed by atoms with van der Waals surface area (Å²) in [4.78, 5) is 31.7. The third kappa shape index (κ3) is 4.85. The van der Waals surface area contributed by atoms with Gasteiger partial charge in [0.1, 0.15) is 5.69 Å². The molecule has 1 aliphatic heterocycles. The van der Waals surface area contributed by atoms with Crippen molar-refractivity contribution in [1.29, 1.82) is 0 Å². The number of amides is 2. The number of nitrogens with zero attached hydrogens (tertiary/aromatic N) is 3. The summed E-state index contributed by atoms with van der Waals surface area (Å²) in [5, 5.41) is 3.10. The lowest BCUT2D eigenvalue weighted by Crippen LogP contribution is -2.44. The molecule has 1 N–H and O–H groups in total. The second kappa shape index (κ2) is 9.60. The van der Waals surface area contributed by atoms with Crippen molar-refractivity contribution in [2.75, 3.05) is 19.6 Å². The number of piperidine rings is 1. The van der Waals surface area contributed by atoms with Gasteiger partial charge in [0, 0.05) is 37.9 Å². The van der Waals surface area contributed by atoms with Gasteiger partial charge in [-0.3, -0.25) is 14.6 Å². The zero-order chi connectivity index (χ0) is 21.6. The normalized spacial score (nSPS) is 15.5. The third-order valence-corrected chi connectivity index (χ3v) is 6.00. The van der Waals surface area contributed by atoms with E-state index >= 15 is 0 Å². The Morgan fingerprint density at radius 1 is 1.06 bits per heavy atom. The highest BCUT2D eigenvalue weighted by molar-refractivity contribution is 5.93. The molecule has 0 radical (unpaired) electrons. The summed E-state index contributed by atoms with van der Waals surface area (Å²) < 4.78 is 1.86. The van der Waals surface area contributed by atoms with Gasteiger partial charge in [-0.2, -0.15) is 0 Å². The molecule has 0 bridgehead atoms. The lowest BCUT2D eigenvalue weighted by molar-refractivity contribution is -0.126. The number of benzene rings is 1. The second-order valence-corrected chi connectivity index (χ2v) is 8.10. The van der Waals surface area contributed by atoms with E-state index in [2.05, 4.69) is 29.4 Å². The fourth-order valence-corrected chi connectivity index (χ4v) is 4.08. The monoisotopic (exact) mass is 416 g/mol. The number of likely N-dealkylation sites (tertiary alicyclic amines) is 1. The van der Waals surface area contributed by atoms with E-state index in [0.717, 1.165) is 5.69 Å². The Kier molecular flexibility index (Phi) is 6.46. The van der Waals surface area contributed by atoms with Crippen LogP contribution < -0.4 is 5.32 Å². The number of carbonyl (C=O) groups is 2. The summed E-state index contributed by atoms with van der Waals surface area (Å²) in [5.74, 6) is 0.309. The summed E-state index contributed by atoms with van der Waals surface area (Å²) in [7, 11) is 0. The van der Waals surface area contributed by atoms with Crippen LogP contribution in [0.15, 0.2) is 73.2 Å². The molecule has 3 heterocycles. The van der Waals surface area contributed by atoms with E-state index in [-0.39, 0.29) is 23.7 Å². The number of pyridine rings is 1. The summed E-state index contributed by atoms with van der Waals surface area (Å²) in [5.41, 5.74) is 2.70. The zero-order valence-corrected chi connectivity index (χ0v) is 17.8. The predicted molar refractivity (Wildman–Crippen MR) is 120 cm³/mol. The Labute approximate surface area is 182 Å². The molecule has 1 saturated heterocycles. The van der Waals surface area contributed by atoms with Gasteiger partial charge in [-0.25, -0.2) is 0 Å². The first-order valence-electron chi connectivity index (χ1n) is 10.8. The molecular weight excluding hydrogens is 388 g/mol. The first-order chi connectivity index (χ1) is 15.1. The van der Waals surface area contributed by atoms with Gasteiger partial charge < -0.3 is 14.8 Å². The average Bonchev–Trinajstić information content (AvgIpc) is 3.33. The van der Waals surface area contributed by atoms with Gasteiger partial charge in [-0.05, 0) is 48.6 Å². The summed E-state index contributed by atoms with van der Waals surface area (Å²) in [6.45, 7) is 3.92. The Morgan fingerprint density at radius 3 is 2.55 bits per heavy atom. The van der Waals surface area contributed by atoms with Crippen molar-refractivity contribution in [3.8, 4) is 5.69 Å². The van der Waals surface area contributed by atoms with Gasteiger partial charge in [0.05, 0.1) is 11.9 Å². The van der Waals surface area contributed by atoms with Crippen LogP contribution in [0.2, 0.25) is 0 Å². The van der Waals surface area contributed by atoms with Crippen molar-refractivity contribution in [2.45, 2.75) is 25.7 Å². The van der Waals surface area contributed by atoms with E-state index in [1.807, 2.05) is 58.1 Å². The van der Waals surface area contributed by atoms with Crippen LogP contribution in [0.3, 0.4) is 0 Å². The largest absolute Gasteiger partial charge is 0.355 e. The summed E-state index contributed by atoms with van der Waals surface area (Å²) in [6, 6.07) is 17.7. The minimum absolute atomic E-state index is 0.00888. The minimum atomic E-state index is -0.0443. The average molecular weight is 417 g/mol. The Hall–Kier alpha value is -3.41. The first kappa shape index (κ1) is 20.8. The zero-order valence-electron chi connectivity index (χ0n) is 17.8. The molecule has 0 aliphatic carbocycles. The molecule has 1 aliphatic rings. The van der Waals surface area contributed by atoms with Gasteiger partial charge in [-0.1, -0.05) is 37.3 Å². The minimum Gasteiger partial charge on any atom is -0.355 e. The van der Waals surface area contributed by atoms with Gasteiger partial charge in [0.2, 0.25) is 5.91 Å². The van der Waals surface area contributed by atoms with Crippen molar-refractivity contribution in [2.24, 2.45) is 5.92 Å². The maximum atomic E-state index is 13.1. The summed E-state index contributed by atoms with van der Waals surface area (Å²) >= 11 is 0. The van der Waals surface area contributed by atoms with Crippen LogP contribution in [0, 0.1) is 5.92 Å². The summed E-state index contributed by atoms with van der Waals surface area (Å²) in [6.07, 6.45) is 6.70. The number of hydrogen-bond donors (Lipinski definition) is 1. The molecule has 1 atom stereocenters. The molecule has 4 rings (SSSR count). The van der Waals surface area contributed by atoms with Crippen LogP contribution in [0.25, 0.3) is 5.69 Å². The van der Waals surface area contributed by atoms with E-state index < -0.39 is 0 Å². The highest BCUT2D eigenvalue weighted by Crippen LogP contribution is 2.21. The van der Waals surface area contributed by atoms with E-state index in [1.54, 1.807) is 12.4 Å². The molecule has 0 unspecified atom stereocenters. The molecule has 3 aromatic rings. The molecule has 31 heavy (non-hydrogen) atoms. The first-order valence-corrected chi connectivity index (χ1v) is 10.8. The fourth-order valence-electron chi connectivity index (χ4n) is 4.08. The molecule has 6 nitrogen and oxygen atoms in total. The maximum Gasteiger partial charge on any atom is 0.270 e. The number of aromatic nitrogens is 2. The molecule has 1 fully saturated rings. The smallest absolute Gasteiger partial charge is 0.270 e. The molecule has 0 saturated carbocycles. The van der Waals surface area contributed by atoms with Crippen LogP contribution in [-0.4, -0.2) is 45.9 Å². The SMILES string of the molecule is C[C@H](CNC(=O)C1CCN(C(=O)c2cccn2-c2cccnc2)CC1)c1ccccc1. The second-order valence-electron chi connectivity index (χ2n) is 8.10. The molecular formula is C25H28N4O2. The molecule has 6 heteroatoms. The standard InChI is InChI=1S/C25H28N4O2/c1-19(20-7-3-2-4-8-20)17-27-24(30)21-11-15-28(16-12-21)25(31)23-10-6-14-29(23)22-9-5-13-26-18-22/h2-10,13-14,18-19,21H,11-12,15-17H2,1H3,(H,27,30)/t19-/m1/s1. The van der Waals surface area contributed by atoms with Crippen molar-refractivity contribution >= 4 is 11.8 Å². The molecule has 0 spiro atoms. The van der Waals surface area contributed by atoms with Crippen molar-refractivity contribution < 1.29 is 9.59 Å². The van der Waals surface area contributed by atoms with Crippen LogP contribution in [0.4, 0.5) is 0 Å². The van der Waals surface area contributed by atoms with Gasteiger partial charge >= 0.3 is 0 Å². The van der Waals surface area contributed by atoms with Crippen molar-refractivity contribution in [3.05, 3.63) is 84.4 Å². The fraction of sp³-hybridized carbons (Fsp3) is 0.320. The Morgan fingerprint density at radius 2 is 1.84 bits per heavy atom. The van der Waals surface area contributed by atoms with Gasteiger partial charge in [0.25, 0.3) is 5.91 Å². The van der Waals surface area contributed by atoms with Crippen LogP contribution >= 0.6 is 0 Å². The third-order valence-electron chi connectivity index (χ3n) is 6.00. The van der Waals surface area contributed by atoms with Crippen LogP contribution in [0.5, 0.6) is 0 Å². The number of hydrogen-bond acceptors (Lipinski definition) is 3. The number of carbonyl (C=O) groups excluding carboxylic acids is 2. The lowest BCUT2D eigenvalue weighted by Gasteiger charge is -2.31. The molecule has 2 amide bonds. The number of rotatable bonds is 6. The Bertz CT molecular complexity index is 1010. The predicted octanol–water partition coefficient (Wildman–Crippen LogP) is 3.64.